The van der Waals surface area contributed by atoms with Gasteiger partial charge in [-0.1, -0.05) is 52.3 Å². The second-order valence-corrected chi connectivity index (χ2v) is 10.7. The molecular weight excluding hydrogens is 613 g/mol. The molecule has 2 saturated heterocycles. The van der Waals surface area contributed by atoms with Gasteiger partial charge in [0, 0.05) is 19.2 Å². The number of hydrogen-bond acceptors (Lipinski definition) is 5. The van der Waals surface area contributed by atoms with Crippen LogP contribution in [-0.2, 0) is 14.3 Å². The standard InChI is InChI=1S/C26H15BrINO5/c27-14-7-5-13(6-8-14)21-19-20(25(33)29(24(19)32)16-11-9-15(28)10-12-16)26(34-21)22(30)17-3-1-2-4-18(17)23(26)31/h1-12,19-21H/t19-,20+,21+/m1/s1. The number of anilines is 1. The Morgan fingerprint density at radius 2 is 1.38 bits per heavy atom. The van der Waals surface area contributed by atoms with E-state index in [1.54, 1.807) is 72.8 Å². The maximum Gasteiger partial charge on any atom is 0.241 e. The topological polar surface area (TPSA) is 80.8 Å². The highest BCUT2D eigenvalue weighted by atomic mass is 127. The number of ketones is 2. The van der Waals surface area contributed by atoms with Gasteiger partial charge in [0.2, 0.25) is 29.0 Å². The number of nitrogens with zero attached hydrogens (tertiary/aromatic N) is 1. The Balaban J connectivity index is 1.54. The van der Waals surface area contributed by atoms with Crippen LogP contribution in [0.3, 0.4) is 0 Å². The molecule has 1 spiro atoms. The van der Waals surface area contributed by atoms with Gasteiger partial charge in [-0.25, -0.2) is 4.90 Å². The normalized spacial score (nSPS) is 24.8. The van der Waals surface area contributed by atoms with E-state index < -0.39 is 46.9 Å². The van der Waals surface area contributed by atoms with Gasteiger partial charge in [0.25, 0.3) is 0 Å². The van der Waals surface area contributed by atoms with E-state index >= 15 is 0 Å². The number of carbonyl (C=O) groups excluding carboxylic acids is 4. The van der Waals surface area contributed by atoms with Crippen molar-refractivity contribution < 1.29 is 23.9 Å². The lowest BCUT2D eigenvalue weighted by Crippen LogP contribution is -2.51. The van der Waals surface area contributed by atoms with Gasteiger partial charge in [-0.05, 0) is 64.6 Å². The van der Waals surface area contributed by atoms with Crippen LogP contribution in [0.4, 0.5) is 5.69 Å². The summed E-state index contributed by atoms with van der Waals surface area (Å²) in [4.78, 5) is 56.1. The molecule has 6 nitrogen and oxygen atoms in total. The number of ether oxygens (including phenoxy) is 1. The Labute approximate surface area is 216 Å². The van der Waals surface area contributed by atoms with Crippen LogP contribution in [0.15, 0.2) is 77.3 Å². The molecule has 2 fully saturated rings. The van der Waals surface area contributed by atoms with Crippen LogP contribution < -0.4 is 4.90 Å². The Morgan fingerprint density at radius 3 is 1.97 bits per heavy atom. The third-order valence-electron chi connectivity index (χ3n) is 6.80. The van der Waals surface area contributed by atoms with Crippen LogP contribution in [0, 0.1) is 15.4 Å². The van der Waals surface area contributed by atoms with Crippen molar-refractivity contribution in [3.63, 3.8) is 0 Å². The lowest BCUT2D eigenvalue weighted by molar-refractivity contribution is -0.127. The molecule has 0 saturated carbocycles. The largest absolute Gasteiger partial charge is 0.349 e. The Bertz CT molecular complexity index is 1370. The summed E-state index contributed by atoms with van der Waals surface area (Å²) in [6.45, 7) is 0. The molecule has 3 aromatic carbocycles. The minimum Gasteiger partial charge on any atom is -0.349 e. The van der Waals surface area contributed by atoms with Gasteiger partial charge in [0.15, 0.2) is 0 Å². The molecule has 0 aromatic heterocycles. The highest BCUT2D eigenvalue weighted by Gasteiger charge is 2.74. The van der Waals surface area contributed by atoms with Crippen molar-refractivity contribution >= 4 is 67.6 Å². The molecule has 168 valence electrons. The highest BCUT2D eigenvalue weighted by molar-refractivity contribution is 14.1. The monoisotopic (exact) mass is 627 g/mol. The number of hydrogen-bond donors (Lipinski definition) is 0. The van der Waals surface area contributed by atoms with Crippen LogP contribution in [0.2, 0.25) is 0 Å². The maximum absolute atomic E-state index is 13.8. The second kappa shape index (κ2) is 7.66. The molecule has 3 aromatic rings. The second-order valence-electron chi connectivity index (χ2n) is 8.52. The predicted octanol–water partition coefficient (Wildman–Crippen LogP) is 4.75. The van der Waals surface area contributed by atoms with Gasteiger partial charge < -0.3 is 4.74 Å². The van der Waals surface area contributed by atoms with Crippen molar-refractivity contribution in [3.05, 3.63) is 97.5 Å². The molecule has 0 bridgehead atoms. The van der Waals surface area contributed by atoms with Gasteiger partial charge in [0.1, 0.15) is 0 Å². The quantitative estimate of drug-likeness (QED) is 0.233. The maximum atomic E-state index is 13.8. The van der Waals surface area contributed by atoms with E-state index in [2.05, 4.69) is 38.5 Å². The first-order chi connectivity index (χ1) is 16.3. The number of amides is 2. The first kappa shape index (κ1) is 21.8. The third kappa shape index (κ3) is 2.82. The number of fused-ring (bicyclic) bond motifs is 3. The van der Waals surface area contributed by atoms with Crippen LogP contribution in [0.5, 0.6) is 0 Å². The number of carbonyl (C=O) groups is 4. The molecule has 8 heteroatoms. The molecule has 3 aliphatic rings. The van der Waals surface area contributed by atoms with E-state index in [0.717, 1.165) is 12.9 Å². The van der Waals surface area contributed by atoms with Gasteiger partial charge in [0.05, 0.1) is 23.6 Å². The summed E-state index contributed by atoms with van der Waals surface area (Å²) in [5, 5.41) is 0. The smallest absolute Gasteiger partial charge is 0.241 e. The summed E-state index contributed by atoms with van der Waals surface area (Å²) in [7, 11) is 0. The molecule has 0 radical (unpaired) electrons. The Morgan fingerprint density at radius 1 is 0.794 bits per heavy atom. The van der Waals surface area contributed by atoms with Crippen LogP contribution in [0.25, 0.3) is 0 Å². The molecule has 0 unspecified atom stereocenters. The van der Waals surface area contributed by atoms with E-state index in [0.29, 0.717) is 11.3 Å². The van der Waals surface area contributed by atoms with Crippen molar-refractivity contribution in [1.29, 1.82) is 0 Å². The average molecular weight is 628 g/mol. The molecule has 2 amide bonds. The minimum atomic E-state index is -2.06. The van der Waals surface area contributed by atoms with Crippen molar-refractivity contribution in [2.24, 2.45) is 11.8 Å². The predicted molar refractivity (Wildman–Crippen MR) is 134 cm³/mol. The van der Waals surface area contributed by atoms with Crippen molar-refractivity contribution in [2.75, 3.05) is 4.90 Å². The van der Waals surface area contributed by atoms with Crippen LogP contribution in [-0.4, -0.2) is 29.0 Å². The van der Waals surface area contributed by atoms with E-state index in [4.69, 9.17) is 4.74 Å². The minimum absolute atomic E-state index is 0.218. The molecule has 1 aliphatic carbocycles. The summed E-state index contributed by atoms with van der Waals surface area (Å²) in [6, 6.07) is 20.6. The summed E-state index contributed by atoms with van der Waals surface area (Å²) >= 11 is 5.54. The summed E-state index contributed by atoms with van der Waals surface area (Å²) < 4.78 is 8.05. The number of benzene rings is 3. The van der Waals surface area contributed by atoms with Crippen molar-refractivity contribution in [3.8, 4) is 0 Å². The van der Waals surface area contributed by atoms with E-state index in [9.17, 15) is 19.2 Å². The number of halogens is 2. The zero-order valence-electron chi connectivity index (χ0n) is 17.4. The Hall–Kier alpha value is -2.69. The van der Waals surface area contributed by atoms with Crippen molar-refractivity contribution in [2.45, 2.75) is 11.7 Å². The highest BCUT2D eigenvalue weighted by Crippen LogP contribution is 2.57. The molecule has 6 rings (SSSR count). The summed E-state index contributed by atoms with van der Waals surface area (Å²) in [6.07, 6.45) is -0.925. The number of rotatable bonds is 2. The van der Waals surface area contributed by atoms with E-state index in [-0.39, 0.29) is 11.1 Å². The lowest BCUT2D eigenvalue weighted by Gasteiger charge is -2.27. The van der Waals surface area contributed by atoms with Gasteiger partial charge in [-0.3, -0.25) is 19.2 Å². The van der Waals surface area contributed by atoms with Gasteiger partial charge in [-0.2, -0.15) is 0 Å². The zero-order valence-corrected chi connectivity index (χ0v) is 21.1. The average Bonchev–Trinajstić information content (AvgIpc) is 3.40. The third-order valence-corrected chi connectivity index (χ3v) is 8.05. The van der Waals surface area contributed by atoms with Crippen molar-refractivity contribution in [1.82, 2.24) is 0 Å². The molecule has 3 atom stereocenters. The Kier molecular flexibility index (Phi) is 4.91. The first-order valence-corrected chi connectivity index (χ1v) is 12.5. The summed E-state index contributed by atoms with van der Waals surface area (Å²) in [5.41, 5.74) is -0.593. The lowest BCUT2D eigenvalue weighted by atomic mass is 9.77. The van der Waals surface area contributed by atoms with Gasteiger partial charge >= 0.3 is 0 Å². The zero-order chi connectivity index (χ0) is 23.8. The molecule has 2 aliphatic heterocycles. The fourth-order valence-corrected chi connectivity index (χ4v) is 5.94. The number of imide groups is 1. The van der Waals surface area contributed by atoms with Crippen LogP contribution in [0.1, 0.15) is 32.4 Å². The molecular formula is C26H15BrINO5. The molecule has 0 N–H and O–H groups in total. The fourth-order valence-electron chi connectivity index (χ4n) is 5.32. The number of Topliss-reactive ketones (excluding diaryl/α,β-unsaturated/α-hetero) is 2. The molecule has 34 heavy (non-hydrogen) atoms. The summed E-state index contributed by atoms with van der Waals surface area (Å²) in [5.74, 6) is -4.44. The van der Waals surface area contributed by atoms with Crippen LogP contribution >= 0.6 is 38.5 Å². The molecule has 2 heterocycles. The van der Waals surface area contributed by atoms with Gasteiger partial charge in [-0.15, -0.1) is 0 Å². The van der Waals surface area contributed by atoms with E-state index in [1.807, 2.05) is 0 Å². The van der Waals surface area contributed by atoms with E-state index in [1.165, 1.54) is 0 Å². The first-order valence-electron chi connectivity index (χ1n) is 10.6. The SMILES string of the molecule is O=C1[C@@H]2[C@@H](C(=O)N1c1ccc(I)cc1)C1(O[C@H]2c2ccc(Br)cc2)C(=O)c2ccccc2C1=O. The fraction of sp³-hybridized carbons (Fsp3) is 0.154.